The number of hydrogen-bond acceptors (Lipinski definition) is 4. The number of aliphatic hydroxyl groups is 1. The first-order chi connectivity index (χ1) is 12.1. The number of aliphatic hydroxyl groups excluding tert-OH is 1. The Morgan fingerprint density at radius 1 is 1.28 bits per heavy atom. The van der Waals surface area contributed by atoms with Crippen molar-refractivity contribution in [3.05, 3.63) is 41.6 Å². The molecule has 0 saturated heterocycles. The SMILES string of the molecule is O=C(CO)N1CCCc2nc(-c3n[nH]c4cc(F)c(F)cc34)ccc21. The number of aryl methyl sites for hydroxylation is 1. The second-order valence-corrected chi connectivity index (χ2v) is 5.85. The number of rotatable bonds is 2. The summed E-state index contributed by atoms with van der Waals surface area (Å²) in [5.74, 6) is -2.27. The molecule has 2 N–H and O–H groups in total. The van der Waals surface area contributed by atoms with Crippen molar-refractivity contribution in [2.45, 2.75) is 12.8 Å². The molecule has 0 spiro atoms. The molecule has 0 radical (unpaired) electrons. The van der Waals surface area contributed by atoms with Crippen LogP contribution in [0.15, 0.2) is 24.3 Å². The van der Waals surface area contributed by atoms with Gasteiger partial charge >= 0.3 is 0 Å². The third-order valence-electron chi connectivity index (χ3n) is 4.32. The van der Waals surface area contributed by atoms with Gasteiger partial charge < -0.3 is 10.0 Å². The maximum atomic E-state index is 13.6. The second kappa shape index (κ2) is 5.89. The molecule has 25 heavy (non-hydrogen) atoms. The number of nitrogens with one attached hydrogen (secondary N) is 1. The van der Waals surface area contributed by atoms with Gasteiger partial charge in [-0.05, 0) is 31.0 Å². The van der Waals surface area contributed by atoms with Crippen LogP contribution in [0.25, 0.3) is 22.3 Å². The number of benzene rings is 1. The van der Waals surface area contributed by atoms with Crippen molar-refractivity contribution in [3.8, 4) is 11.4 Å². The molecule has 0 unspecified atom stereocenters. The van der Waals surface area contributed by atoms with Crippen molar-refractivity contribution < 1.29 is 18.7 Å². The number of carbonyl (C=O) groups excluding carboxylic acids is 1. The fourth-order valence-electron chi connectivity index (χ4n) is 3.13. The molecule has 0 atom stereocenters. The van der Waals surface area contributed by atoms with Gasteiger partial charge in [-0.15, -0.1) is 0 Å². The third kappa shape index (κ3) is 2.54. The van der Waals surface area contributed by atoms with E-state index in [-0.39, 0.29) is 5.91 Å². The molecule has 1 amide bonds. The number of aromatic amines is 1. The van der Waals surface area contributed by atoms with E-state index in [1.807, 2.05) is 0 Å². The summed E-state index contributed by atoms with van der Waals surface area (Å²) in [6.45, 7) is -0.0285. The van der Waals surface area contributed by atoms with Gasteiger partial charge in [0.25, 0.3) is 5.91 Å². The van der Waals surface area contributed by atoms with Gasteiger partial charge in [0.2, 0.25) is 0 Å². The van der Waals surface area contributed by atoms with Crippen molar-refractivity contribution in [2.75, 3.05) is 18.1 Å². The van der Waals surface area contributed by atoms with E-state index in [4.69, 9.17) is 5.11 Å². The fourth-order valence-corrected chi connectivity index (χ4v) is 3.13. The van der Waals surface area contributed by atoms with Crippen LogP contribution < -0.4 is 4.90 Å². The maximum absolute atomic E-state index is 13.6. The van der Waals surface area contributed by atoms with Gasteiger partial charge in [-0.3, -0.25) is 9.89 Å². The molecule has 3 heterocycles. The summed E-state index contributed by atoms with van der Waals surface area (Å²) >= 11 is 0. The van der Waals surface area contributed by atoms with Crippen LogP contribution in [0.1, 0.15) is 12.1 Å². The van der Waals surface area contributed by atoms with Gasteiger partial charge in [0.15, 0.2) is 11.6 Å². The molecule has 2 aromatic heterocycles. The number of pyridine rings is 1. The molecule has 8 heteroatoms. The Labute approximate surface area is 141 Å². The lowest BCUT2D eigenvalue weighted by molar-refractivity contribution is -0.121. The molecule has 0 fully saturated rings. The minimum atomic E-state index is -0.951. The summed E-state index contributed by atoms with van der Waals surface area (Å²) in [6.07, 6.45) is 1.42. The Balaban J connectivity index is 1.80. The molecule has 4 rings (SSSR count). The van der Waals surface area contributed by atoms with E-state index >= 15 is 0 Å². The molecule has 1 aliphatic rings. The molecule has 0 aliphatic carbocycles. The quantitative estimate of drug-likeness (QED) is 0.746. The van der Waals surface area contributed by atoms with Gasteiger partial charge in [0.1, 0.15) is 12.3 Å². The van der Waals surface area contributed by atoms with Gasteiger partial charge in [0, 0.05) is 18.0 Å². The Bertz CT molecular complexity index is 986. The number of H-pyrrole nitrogens is 1. The monoisotopic (exact) mass is 344 g/mol. The third-order valence-corrected chi connectivity index (χ3v) is 4.32. The first-order valence-electron chi connectivity index (χ1n) is 7.83. The second-order valence-electron chi connectivity index (χ2n) is 5.85. The minimum absolute atomic E-state index is 0.377. The number of nitrogens with zero attached hydrogens (tertiary/aromatic N) is 3. The molecule has 6 nitrogen and oxygen atoms in total. The van der Waals surface area contributed by atoms with E-state index in [1.54, 1.807) is 12.1 Å². The first-order valence-corrected chi connectivity index (χ1v) is 7.83. The number of anilines is 1. The number of amides is 1. The summed E-state index contributed by atoms with van der Waals surface area (Å²) in [6, 6.07) is 5.57. The summed E-state index contributed by atoms with van der Waals surface area (Å²) in [5, 5.41) is 16.3. The van der Waals surface area contributed by atoms with Crippen molar-refractivity contribution in [3.63, 3.8) is 0 Å². The van der Waals surface area contributed by atoms with Crippen LogP contribution in [0.2, 0.25) is 0 Å². The Hall–Kier alpha value is -2.87. The minimum Gasteiger partial charge on any atom is -0.387 e. The number of carbonyl (C=O) groups is 1. The molecule has 3 aromatic rings. The van der Waals surface area contributed by atoms with E-state index in [1.165, 1.54) is 4.90 Å². The van der Waals surface area contributed by atoms with Crippen LogP contribution >= 0.6 is 0 Å². The highest BCUT2D eigenvalue weighted by molar-refractivity contribution is 5.96. The zero-order valence-corrected chi connectivity index (χ0v) is 13.1. The van der Waals surface area contributed by atoms with Gasteiger partial charge in [-0.1, -0.05) is 0 Å². The molecule has 1 aromatic carbocycles. The lowest BCUT2D eigenvalue weighted by atomic mass is 10.1. The zero-order chi connectivity index (χ0) is 17.6. The largest absolute Gasteiger partial charge is 0.387 e. The Morgan fingerprint density at radius 3 is 2.88 bits per heavy atom. The molecule has 0 saturated carbocycles. The summed E-state index contributed by atoms with van der Waals surface area (Å²) in [4.78, 5) is 17.9. The van der Waals surface area contributed by atoms with Crippen LogP contribution in [0.4, 0.5) is 14.5 Å². The van der Waals surface area contributed by atoms with Crippen LogP contribution in [-0.4, -0.2) is 39.3 Å². The van der Waals surface area contributed by atoms with Gasteiger partial charge in [0.05, 0.1) is 22.6 Å². The highest BCUT2D eigenvalue weighted by atomic mass is 19.2. The van der Waals surface area contributed by atoms with Crippen molar-refractivity contribution in [1.82, 2.24) is 15.2 Å². The highest BCUT2D eigenvalue weighted by Gasteiger charge is 2.24. The average Bonchev–Trinajstić information content (AvgIpc) is 3.03. The standard InChI is InChI=1S/C17H14F2N4O2/c18-10-6-9-14(7-11(10)19)21-22-17(9)13-3-4-15-12(20-13)2-1-5-23(15)16(25)8-24/h3-4,6-7,24H,1-2,5,8H2,(H,21,22). The van der Waals surface area contributed by atoms with Crippen LogP contribution in [0.5, 0.6) is 0 Å². The van der Waals surface area contributed by atoms with Gasteiger partial charge in [-0.2, -0.15) is 5.10 Å². The first kappa shape index (κ1) is 15.6. The van der Waals surface area contributed by atoms with Crippen LogP contribution in [0.3, 0.4) is 0 Å². The highest BCUT2D eigenvalue weighted by Crippen LogP contribution is 2.31. The molecule has 0 bridgehead atoms. The van der Waals surface area contributed by atoms with Crippen molar-refractivity contribution in [2.24, 2.45) is 0 Å². The smallest absolute Gasteiger partial charge is 0.252 e. The van der Waals surface area contributed by atoms with E-state index in [9.17, 15) is 13.6 Å². The van der Waals surface area contributed by atoms with Crippen LogP contribution in [0, 0.1) is 11.6 Å². The van der Waals surface area contributed by atoms with Crippen molar-refractivity contribution in [1.29, 1.82) is 0 Å². The number of fused-ring (bicyclic) bond motifs is 2. The van der Waals surface area contributed by atoms with Crippen molar-refractivity contribution >= 4 is 22.5 Å². The Morgan fingerprint density at radius 2 is 2.08 bits per heavy atom. The van der Waals surface area contributed by atoms with E-state index in [2.05, 4.69) is 15.2 Å². The Kier molecular flexibility index (Phi) is 3.69. The normalized spacial score (nSPS) is 14.0. The fraction of sp³-hybridized carbons (Fsp3) is 0.235. The molecule has 128 valence electrons. The topological polar surface area (TPSA) is 82.1 Å². The number of aromatic nitrogens is 3. The zero-order valence-electron chi connectivity index (χ0n) is 13.1. The average molecular weight is 344 g/mol. The molecular formula is C17H14F2N4O2. The predicted octanol–water partition coefficient (Wildman–Crippen LogP) is 2.17. The maximum Gasteiger partial charge on any atom is 0.252 e. The number of halogens is 2. The van der Waals surface area contributed by atoms with E-state index in [0.29, 0.717) is 46.6 Å². The summed E-state index contributed by atoms with van der Waals surface area (Å²) < 4.78 is 26.9. The molecule has 1 aliphatic heterocycles. The van der Waals surface area contributed by atoms with Crippen LogP contribution in [-0.2, 0) is 11.2 Å². The van der Waals surface area contributed by atoms with E-state index in [0.717, 1.165) is 18.6 Å². The van der Waals surface area contributed by atoms with E-state index < -0.39 is 18.2 Å². The molecular weight excluding hydrogens is 330 g/mol. The summed E-state index contributed by atoms with van der Waals surface area (Å²) in [7, 11) is 0. The predicted molar refractivity (Wildman–Crippen MR) is 87.0 cm³/mol. The lowest BCUT2D eigenvalue weighted by Gasteiger charge is -2.28. The van der Waals surface area contributed by atoms with Gasteiger partial charge in [-0.25, -0.2) is 13.8 Å². The number of hydrogen-bond donors (Lipinski definition) is 2. The lowest BCUT2D eigenvalue weighted by Crippen LogP contribution is -2.37. The summed E-state index contributed by atoms with van der Waals surface area (Å²) in [5.41, 5.74) is 2.68.